The maximum absolute atomic E-state index is 13.2. The Kier molecular flexibility index (Phi) is 10.0. The number of hydrogen-bond acceptors (Lipinski definition) is 8. The van der Waals surface area contributed by atoms with Gasteiger partial charge < -0.3 is 24.6 Å². The summed E-state index contributed by atoms with van der Waals surface area (Å²) < 4.78 is 11.8. The minimum Gasteiger partial charge on any atom is -0.457 e. The molecular weight excluding hydrogens is 522 g/mol. The molecule has 4 heterocycles. The van der Waals surface area contributed by atoms with Gasteiger partial charge in [0, 0.05) is 48.9 Å². The number of likely N-dealkylation sites (N-methyl/N-ethyl adjacent to an activating group) is 1. The second kappa shape index (κ2) is 13.3. The number of aliphatic hydroxyl groups excluding tert-OH is 1. The largest absolute Gasteiger partial charge is 0.457 e. The van der Waals surface area contributed by atoms with Gasteiger partial charge in [0.1, 0.15) is 11.7 Å². The van der Waals surface area contributed by atoms with Crippen LogP contribution in [0.25, 0.3) is 0 Å². The van der Waals surface area contributed by atoms with Crippen LogP contribution in [0.3, 0.4) is 0 Å². The zero-order valence-electron chi connectivity index (χ0n) is 24.8. The summed E-state index contributed by atoms with van der Waals surface area (Å²) in [5, 5.41) is 21.9. The average Bonchev–Trinajstić information content (AvgIpc) is 3.52. The number of carbonyl (C=O) groups is 2. The van der Waals surface area contributed by atoms with Gasteiger partial charge in [-0.05, 0) is 63.9 Å². The Morgan fingerprint density at radius 3 is 2.71 bits per heavy atom. The first kappa shape index (κ1) is 30.9. The van der Waals surface area contributed by atoms with Gasteiger partial charge in [-0.2, -0.15) is 0 Å². The molecule has 1 aromatic rings. The molecule has 1 unspecified atom stereocenters. The summed E-state index contributed by atoms with van der Waals surface area (Å²) in [5.74, 6) is -0.684. The van der Waals surface area contributed by atoms with E-state index >= 15 is 0 Å². The van der Waals surface area contributed by atoms with Crippen LogP contribution < -0.4 is 0 Å². The number of nitrogens with zero attached hydrogens (tertiary/aromatic N) is 3. The summed E-state index contributed by atoms with van der Waals surface area (Å²) >= 11 is 0. The second-order valence-corrected chi connectivity index (χ2v) is 12.2. The molecule has 0 saturated carbocycles. The number of aromatic nitrogens is 1. The monoisotopic (exact) mass is 567 g/mol. The first-order valence-corrected chi connectivity index (χ1v) is 14.7. The molecule has 4 rings (SSSR count). The van der Waals surface area contributed by atoms with Crippen LogP contribution in [0.5, 0.6) is 0 Å². The van der Waals surface area contributed by atoms with E-state index < -0.39 is 36.0 Å². The second-order valence-electron chi connectivity index (χ2n) is 12.2. The summed E-state index contributed by atoms with van der Waals surface area (Å²) in [4.78, 5) is 34.4. The molecule has 3 aliphatic heterocycles. The van der Waals surface area contributed by atoms with Crippen LogP contribution in [0.4, 0.5) is 4.79 Å². The number of ether oxygens (including phenoxy) is 2. The quantitative estimate of drug-likeness (QED) is 0.312. The van der Waals surface area contributed by atoms with Crippen molar-refractivity contribution < 1.29 is 29.3 Å². The molecule has 2 bridgehead atoms. The molecule has 1 aromatic heterocycles. The van der Waals surface area contributed by atoms with Crippen molar-refractivity contribution >= 4 is 12.1 Å². The highest BCUT2D eigenvalue weighted by molar-refractivity contribution is 5.70. The Labute approximate surface area is 243 Å². The van der Waals surface area contributed by atoms with Gasteiger partial charge in [0.05, 0.1) is 12.5 Å². The highest BCUT2D eigenvalue weighted by Crippen LogP contribution is 2.32. The Hall–Kier alpha value is -3.01. The number of fused-ring (bicyclic) bond motifs is 2. The number of esters is 1. The minimum atomic E-state index is -1.43. The third kappa shape index (κ3) is 7.84. The van der Waals surface area contributed by atoms with Gasteiger partial charge in [0.25, 0.3) is 0 Å². The predicted molar refractivity (Wildman–Crippen MR) is 156 cm³/mol. The van der Waals surface area contributed by atoms with E-state index in [4.69, 9.17) is 9.47 Å². The van der Waals surface area contributed by atoms with Crippen LogP contribution >= 0.6 is 0 Å². The lowest BCUT2D eigenvalue weighted by Crippen LogP contribution is -2.50. The number of pyridine rings is 1. The van der Waals surface area contributed by atoms with Crippen molar-refractivity contribution in [1.29, 1.82) is 0 Å². The highest BCUT2D eigenvalue weighted by atomic mass is 16.6. The Bertz CT molecular complexity index is 1150. The normalized spacial score (nSPS) is 35.0. The number of aliphatic hydroxyl groups is 2. The van der Waals surface area contributed by atoms with E-state index in [1.807, 2.05) is 56.4 Å². The molecule has 2 saturated heterocycles. The number of carbonyl (C=O) groups excluding carboxylic acids is 2. The van der Waals surface area contributed by atoms with Gasteiger partial charge >= 0.3 is 12.1 Å². The van der Waals surface area contributed by atoms with E-state index in [2.05, 4.69) is 23.9 Å². The van der Waals surface area contributed by atoms with Crippen molar-refractivity contribution in [2.24, 2.45) is 5.92 Å². The van der Waals surface area contributed by atoms with Crippen molar-refractivity contribution in [3.8, 4) is 0 Å². The molecular formula is C32H45N3O6. The van der Waals surface area contributed by atoms with Crippen molar-refractivity contribution in [1.82, 2.24) is 14.8 Å². The van der Waals surface area contributed by atoms with Crippen molar-refractivity contribution in [3.63, 3.8) is 0 Å². The van der Waals surface area contributed by atoms with Crippen LogP contribution in [0, 0.1) is 5.92 Å². The Morgan fingerprint density at radius 2 is 2.05 bits per heavy atom. The Morgan fingerprint density at radius 1 is 1.27 bits per heavy atom. The number of hydrogen-bond donors (Lipinski definition) is 2. The molecule has 1 amide bonds. The average molecular weight is 568 g/mol. The van der Waals surface area contributed by atoms with E-state index in [1.165, 1.54) is 0 Å². The molecule has 0 radical (unpaired) electrons. The zero-order valence-corrected chi connectivity index (χ0v) is 24.8. The molecule has 8 atom stereocenters. The highest BCUT2D eigenvalue weighted by Gasteiger charge is 2.45. The third-order valence-electron chi connectivity index (χ3n) is 8.66. The van der Waals surface area contributed by atoms with E-state index in [1.54, 1.807) is 24.1 Å². The summed E-state index contributed by atoms with van der Waals surface area (Å²) in [6.45, 7) is 8.90. The molecule has 224 valence electrons. The summed E-state index contributed by atoms with van der Waals surface area (Å²) in [7, 11) is 2.07. The summed E-state index contributed by atoms with van der Waals surface area (Å²) in [6.07, 6.45) is 9.27. The molecule has 2 N–H and O–H groups in total. The van der Waals surface area contributed by atoms with Crippen LogP contribution in [-0.2, 0) is 14.3 Å². The fourth-order valence-corrected chi connectivity index (χ4v) is 5.93. The molecule has 3 aliphatic rings. The molecule has 9 heteroatoms. The van der Waals surface area contributed by atoms with Crippen LogP contribution in [0.1, 0.15) is 65.0 Å². The topological polar surface area (TPSA) is 112 Å². The fourth-order valence-electron chi connectivity index (χ4n) is 5.93. The summed E-state index contributed by atoms with van der Waals surface area (Å²) in [5.41, 5.74) is 0.346. The van der Waals surface area contributed by atoms with Crippen LogP contribution in [-0.4, -0.2) is 93.2 Å². The standard InChI is InChI=1S/C32H45N3O6/c1-21(27-11-6-7-16-33-27)9-8-10-22(2)30-23(3)12-13-28(32(4,39)15-14-26(36)18-29(37)41-30)40-31(38)35-20-24-17-25(35)19-34(24)5/h6-13,16,21,23-26,28,30,36,39H,14-15,17-20H2,1-5H3/b9-8+,13-12+,22-10+/t21-,23+,24?,25-,26-,28+,30-,32-/m1/s1. The molecule has 9 nitrogen and oxygen atoms in total. The SMILES string of the molecule is C/C(=C\C=C\[C@@H](C)c1ccccn1)[C@H]1OC(=O)C[C@H](O)CC[C@@](C)(O)[C@@H](OC(=O)N2CC3C[C@@H]2CN3C)/C=C/[C@@H]1C. The minimum absolute atomic E-state index is 0.107. The van der Waals surface area contributed by atoms with Crippen molar-refractivity contribution in [2.45, 2.75) is 95.3 Å². The molecule has 2 fully saturated rings. The number of likely N-dealkylation sites (tertiary alicyclic amines) is 2. The number of allylic oxidation sites excluding steroid dienone is 3. The lowest BCUT2D eigenvalue weighted by molar-refractivity contribution is -0.151. The van der Waals surface area contributed by atoms with E-state index in [-0.39, 0.29) is 37.1 Å². The van der Waals surface area contributed by atoms with Crippen LogP contribution in [0.15, 0.2) is 60.3 Å². The van der Waals surface area contributed by atoms with E-state index in [0.717, 1.165) is 24.2 Å². The number of cyclic esters (lactones) is 1. The van der Waals surface area contributed by atoms with Crippen LogP contribution in [0.2, 0.25) is 0 Å². The van der Waals surface area contributed by atoms with Gasteiger partial charge in [-0.15, -0.1) is 0 Å². The third-order valence-corrected chi connectivity index (χ3v) is 8.66. The Balaban J connectivity index is 1.52. The van der Waals surface area contributed by atoms with Crippen molar-refractivity contribution in [3.05, 3.63) is 66.0 Å². The summed E-state index contributed by atoms with van der Waals surface area (Å²) in [6, 6.07) is 6.26. The van der Waals surface area contributed by atoms with Gasteiger partial charge in [-0.3, -0.25) is 14.7 Å². The smallest absolute Gasteiger partial charge is 0.410 e. The maximum atomic E-state index is 13.2. The fraction of sp³-hybridized carbons (Fsp3) is 0.594. The molecule has 0 spiro atoms. The predicted octanol–water partition coefficient (Wildman–Crippen LogP) is 3.98. The number of amides is 1. The van der Waals surface area contributed by atoms with Crippen molar-refractivity contribution in [2.75, 3.05) is 20.1 Å². The van der Waals surface area contributed by atoms with Gasteiger partial charge in [0.2, 0.25) is 0 Å². The zero-order chi connectivity index (χ0) is 29.7. The number of rotatable bonds is 5. The first-order chi connectivity index (χ1) is 19.4. The van der Waals surface area contributed by atoms with Gasteiger partial charge in [-0.1, -0.05) is 44.2 Å². The molecule has 0 aromatic carbocycles. The lowest BCUT2D eigenvalue weighted by Gasteiger charge is -2.36. The first-order valence-electron chi connectivity index (χ1n) is 14.7. The van der Waals surface area contributed by atoms with E-state index in [0.29, 0.717) is 12.6 Å². The van der Waals surface area contributed by atoms with Gasteiger partial charge in [0.15, 0.2) is 6.10 Å². The number of piperazine rings is 1. The molecule has 41 heavy (non-hydrogen) atoms. The van der Waals surface area contributed by atoms with Gasteiger partial charge in [-0.25, -0.2) is 4.79 Å². The maximum Gasteiger partial charge on any atom is 0.410 e. The van der Waals surface area contributed by atoms with E-state index in [9.17, 15) is 19.8 Å². The lowest BCUT2D eigenvalue weighted by atomic mass is 9.88. The molecule has 0 aliphatic carbocycles.